The van der Waals surface area contributed by atoms with Crippen LogP contribution in [0.25, 0.3) is 0 Å². The summed E-state index contributed by atoms with van der Waals surface area (Å²) in [5.41, 5.74) is 0. The number of hydrogen-bond donors (Lipinski definition) is 0. The van der Waals surface area contributed by atoms with E-state index in [9.17, 15) is 4.57 Å². The predicted octanol–water partition coefficient (Wildman–Crippen LogP) is 1.62. The van der Waals surface area contributed by atoms with Gasteiger partial charge < -0.3 is 4.52 Å². The van der Waals surface area contributed by atoms with Gasteiger partial charge in [0.25, 0.3) is 0 Å². The van der Waals surface area contributed by atoms with Crippen molar-refractivity contribution in [1.29, 1.82) is 0 Å². The summed E-state index contributed by atoms with van der Waals surface area (Å²) in [6, 6.07) is 8.99. The molecule has 0 N–H and O–H groups in total. The van der Waals surface area contributed by atoms with Gasteiger partial charge in [0, 0.05) is 0 Å². The van der Waals surface area contributed by atoms with E-state index in [-0.39, 0.29) is 27.5 Å². The normalized spacial score (nSPS) is 8.40. The van der Waals surface area contributed by atoms with E-state index in [1.165, 1.54) is 0 Å². The van der Waals surface area contributed by atoms with Crippen molar-refractivity contribution in [2.24, 2.45) is 0 Å². The molecule has 0 aromatic heterocycles. The molecule has 0 saturated heterocycles. The quantitative estimate of drug-likeness (QED) is 0.470. The van der Waals surface area contributed by atoms with Gasteiger partial charge in [-0.1, -0.05) is 18.2 Å². The average Bonchev–Trinajstić information content (AvgIpc) is 1.91. The molecule has 10 heavy (non-hydrogen) atoms. The molecule has 4 heteroatoms. The molecule has 0 unspecified atom stereocenters. The van der Waals surface area contributed by atoms with Gasteiger partial charge in [0.1, 0.15) is 5.75 Å². The minimum atomic E-state index is -0.305. The van der Waals surface area contributed by atoms with Crippen LogP contribution in [0.3, 0.4) is 0 Å². The van der Waals surface area contributed by atoms with E-state index in [0.717, 1.165) is 0 Å². The Bertz CT molecular complexity index is 190. The maximum atomic E-state index is 9.85. The fourth-order valence-electron chi connectivity index (χ4n) is 0.524. The van der Waals surface area contributed by atoms with Crippen molar-refractivity contribution < 1.29 is 9.09 Å². The summed E-state index contributed by atoms with van der Waals surface area (Å²) < 4.78 is 14.5. The first kappa shape index (κ1) is 9.72. The minimum absolute atomic E-state index is 0. The average molecular weight is 148 g/mol. The zero-order valence-corrected chi connectivity index (χ0v) is 5.54. The molecule has 0 aliphatic carbocycles. The second-order valence-corrected chi connectivity index (χ2v) is 1.81. The second-order valence-electron chi connectivity index (χ2n) is 1.48. The van der Waals surface area contributed by atoms with Crippen LogP contribution in [-0.2, 0) is 4.57 Å². The van der Waals surface area contributed by atoms with Crippen LogP contribution in [-0.4, -0.2) is 18.9 Å². The fourth-order valence-corrected chi connectivity index (χ4v) is 0.732. The summed E-state index contributed by atoms with van der Waals surface area (Å²) in [7, 11) is -0.305. The van der Waals surface area contributed by atoms with Crippen molar-refractivity contribution >= 4 is 27.5 Å². The van der Waals surface area contributed by atoms with Crippen molar-refractivity contribution in [2.75, 3.05) is 0 Å². The Morgan fingerprint density at radius 2 is 1.80 bits per heavy atom. The van der Waals surface area contributed by atoms with Gasteiger partial charge in [-0.15, -0.1) is 0 Å². The molecule has 0 heterocycles. The van der Waals surface area contributed by atoms with E-state index in [2.05, 4.69) is 4.52 Å². The van der Waals surface area contributed by atoms with E-state index >= 15 is 0 Å². The van der Waals surface area contributed by atoms with Crippen LogP contribution in [0.15, 0.2) is 30.3 Å². The van der Waals surface area contributed by atoms with E-state index in [1.54, 1.807) is 12.1 Å². The first-order valence-electron chi connectivity index (χ1n) is 2.48. The van der Waals surface area contributed by atoms with Gasteiger partial charge >= 0.3 is 27.5 Å². The Labute approximate surface area is 73.0 Å². The summed E-state index contributed by atoms with van der Waals surface area (Å²) in [5, 5.41) is 0. The van der Waals surface area contributed by atoms with Crippen molar-refractivity contribution in [3.8, 4) is 5.75 Å². The monoisotopic (exact) mass is 148 g/mol. The van der Waals surface area contributed by atoms with Crippen molar-refractivity contribution in [3.63, 3.8) is 0 Å². The zero-order chi connectivity index (χ0) is 6.53. The molecule has 1 aromatic rings. The zero-order valence-electron chi connectivity index (χ0n) is 4.65. The summed E-state index contributed by atoms with van der Waals surface area (Å²) >= 11 is 0. The Hall–Kier alpha value is -0.283. The van der Waals surface area contributed by atoms with E-state index in [1.807, 2.05) is 18.2 Å². The molecule has 0 aliphatic rings. The van der Waals surface area contributed by atoms with Gasteiger partial charge in [0.05, 0.1) is 0 Å². The molecule has 0 spiro atoms. The third-order valence-electron chi connectivity index (χ3n) is 0.886. The van der Waals surface area contributed by atoms with Crippen LogP contribution in [0.5, 0.6) is 5.75 Å². The molecule has 0 saturated carbocycles. The molecule has 0 bridgehead atoms. The summed E-state index contributed by atoms with van der Waals surface area (Å²) in [6.45, 7) is 0. The Morgan fingerprint density at radius 1 is 1.20 bits per heavy atom. The predicted molar refractivity (Wildman–Crippen MR) is 41.8 cm³/mol. The van der Waals surface area contributed by atoms with Crippen LogP contribution in [0.1, 0.15) is 0 Å². The third-order valence-corrected chi connectivity index (χ3v) is 1.17. The molecule has 1 aromatic carbocycles. The molecule has 0 aliphatic heterocycles. The standard InChI is InChI=1S/C6H5O2P.Li.H/c7-9-8-6-4-2-1-3-5-6;;/h1-5H;;. The molecule has 0 amide bonds. The van der Waals surface area contributed by atoms with Gasteiger partial charge in [-0.25, -0.2) is 4.57 Å². The fraction of sp³-hybridized carbons (Fsp3) is 0. The first-order chi connectivity index (χ1) is 4.43. The van der Waals surface area contributed by atoms with Crippen molar-refractivity contribution in [1.82, 2.24) is 0 Å². The van der Waals surface area contributed by atoms with E-state index in [4.69, 9.17) is 0 Å². The van der Waals surface area contributed by atoms with Crippen LogP contribution >= 0.6 is 8.69 Å². The van der Waals surface area contributed by atoms with Crippen LogP contribution in [0.4, 0.5) is 0 Å². The molecule has 0 atom stereocenters. The van der Waals surface area contributed by atoms with Gasteiger partial charge in [-0.05, 0) is 12.1 Å². The molecule has 1 rings (SSSR count). The first-order valence-corrected chi connectivity index (χ1v) is 3.21. The maximum absolute atomic E-state index is 9.85. The Kier molecular flexibility index (Phi) is 5.34. The second kappa shape index (κ2) is 5.50. The van der Waals surface area contributed by atoms with Gasteiger partial charge in [0.2, 0.25) is 0 Å². The van der Waals surface area contributed by atoms with Gasteiger partial charge in [-0.3, -0.25) is 0 Å². The number of para-hydroxylation sites is 1. The van der Waals surface area contributed by atoms with Crippen LogP contribution in [0.2, 0.25) is 0 Å². The number of rotatable bonds is 2. The summed E-state index contributed by atoms with van der Waals surface area (Å²) in [5.74, 6) is 0.620. The van der Waals surface area contributed by atoms with Gasteiger partial charge in [-0.2, -0.15) is 0 Å². The molecular formula is C6H6LiO2P. The SMILES string of the molecule is O=POc1ccccc1.[LiH]. The van der Waals surface area contributed by atoms with Crippen molar-refractivity contribution in [3.05, 3.63) is 30.3 Å². The van der Waals surface area contributed by atoms with Crippen LogP contribution in [0, 0.1) is 0 Å². The molecule has 2 nitrogen and oxygen atoms in total. The van der Waals surface area contributed by atoms with Crippen molar-refractivity contribution in [2.45, 2.75) is 0 Å². The molecule has 0 radical (unpaired) electrons. The van der Waals surface area contributed by atoms with E-state index in [0.29, 0.717) is 5.75 Å². The Balaban J connectivity index is 0.000000810. The number of hydrogen-bond acceptors (Lipinski definition) is 2. The number of benzene rings is 1. The van der Waals surface area contributed by atoms with Gasteiger partial charge in [0.15, 0.2) is 0 Å². The van der Waals surface area contributed by atoms with Crippen LogP contribution < -0.4 is 4.52 Å². The molecule has 48 valence electrons. The Morgan fingerprint density at radius 3 is 2.30 bits per heavy atom. The summed E-state index contributed by atoms with van der Waals surface area (Å²) in [6.07, 6.45) is 0. The molecule has 0 fully saturated rings. The molecular weight excluding hydrogens is 142 g/mol. The third kappa shape index (κ3) is 3.03. The van der Waals surface area contributed by atoms with E-state index < -0.39 is 0 Å². The summed E-state index contributed by atoms with van der Waals surface area (Å²) in [4.78, 5) is 0. The topological polar surface area (TPSA) is 26.3 Å².